The highest BCUT2D eigenvalue weighted by Gasteiger charge is 2.28. The summed E-state index contributed by atoms with van der Waals surface area (Å²) in [6, 6.07) is 13.9. The van der Waals surface area contributed by atoms with Crippen LogP contribution in [-0.4, -0.2) is 59.0 Å². The first kappa shape index (κ1) is 18.3. The summed E-state index contributed by atoms with van der Waals surface area (Å²) < 4.78 is 5.98. The van der Waals surface area contributed by atoms with E-state index in [2.05, 4.69) is 0 Å². The van der Waals surface area contributed by atoms with Gasteiger partial charge in [0.05, 0.1) is 17.2 Å². The van der Waals surface area contributed by atoms with Gasteiger partial charge in [-0.05, 0) is 43.5 Å². The highest BCUT2D eigenvalue weighted by atomic mass is 16.5. The minimum atomic E-state index is -0.209. The topological polar surface area (TPSA) is 70.1 Å². The maximum Gasteiger partial charge on any atom is 0.257 e. The summed E-state index contributed by atoms with van der Waals surface area (Å²) in [6.45, 7) is 1.78. The lowest BCUT2D eigenvalue weighted by atomic mass is 9.96. The number of carbonyl (C=O) groups is 2. The number of carbonyl (C=O) groups excluding carboxylic acids is 2. The molecule has 2 aliphatic rings. The number of aromatic hydroxyl groups is 1. The Labute approximate surface area is 164 Å². The van der Waals surface area contributed by atoms with Crippen molar-refractivity contribution >= 4 is 11.8 Å². The number of ether oxygens (including phenoxy) is 1. The van der Waals surface area contributed by atoms with Gasteiger partial charge in [0.15, 0.2) is 0 Å². The van der Waals surface area contributed by atoms with E-state index < -0.39 is 0 Å². The number of nitrogens with zero attached hydrogens (tertiary/aromatic N) is 2. The van der Waals surface area contributed by atoms with Crippen LogP contribution in [-0.2, 0) is 0 Å². The fraction of sp³-hybridized carbons (Fsp3) is 0.364. The van der Waals surface area contributed by atoms with Crippen molar-refractivity contribution in [3.63, 3.8) is 0 Å². The Morgan fingerprint density at radius 2 is 1.36 bits per heavy atom. The number of benzene rings is 2. The highest BCUT2D eigenvalue weighted by molar-refractivity contribution is 5.98. The van der Waals surface area contributed by atoms with Crippen LogP contribution in [0.15, 0.2) is 48.5 Å². The molecule has 1 aliphatic carbocycles. The quantitative estimate of drug-likeness (QED) is 0.885. The monoisotopic (exact) mass is 380 g/mol. The fourth-order valence-corrected chi connectivity index (χ4v) is 3.52. The predicted molar refractivity (Wildman–Crippen MR) is 105 cm³/mol. The molecule has 1 heterocycles. The number of hydrogen-bond donors (Lipinski definition) is 1. The van der Waals surface area contributed by atoms with Gasteiger partial charge in [-0.1, -0.05) is 24.3 Å². The molecule has 0 radical (unpaired) electrons. The number of phenolic OH excluding ortho intramolecular Hbond substituents is 1. The smallest absolute Gasteiger partial charge is 0.257 e. The molecule has 1 saturated carbocycles. The van der Waals surface area contributed by atoms with E-state index in [1.54, 1.807) is 34.1 Å². The Bertz CT molecular complexity index is 870. The van der Waals surface area contributed by atoms with E-state index in [1.807, 2.05) is 18.2 Å². The molecule has 1 aliphatic heterocycles. The van der Waals surface area contributed by atoms with Gasteiger partial charge >= 0.3 is 0 Å². The summed E-state index contributed by atoms with van der Waals surface area (Å²) in [7, 11) is 0. The van der Waals surface area contributed by atoms with Crippen LogP contribution in [0.2, 0.25) is 0 Å². The highest BCUT2D eigenvalue weighted by Crippen LogP contribution is 2.28. The summed E-state index contributed by atoms with van der Waals surface area (Å²) >= 11 is 0. The van der Waals surface area contributed by atoms with Crippen molar-refractivity contribution in [3.8, 4) is 11.5 Å². The van der Waals surface area contributed by atoms with E-state index in [0.29, 0.717) is 43.1 Å². The van der Waals surface area contributed by atoms with Crippen LogP contribution in [0.3, 0.4) is 0 Å². The standard InChI is InChI=1S/C22H24N2O4/c25-19-10-3-1-8-17(19)21(26)23-12-14-24(15-13-23)22(27)18-9-2-4-11-20(18)28-16-6-5-7-16/h1-4,8-11,16,25H,5-7,12-15H2. The molecule has 2 aromatic carbocycles. The van der Waals surface area contributed by atoms with Crippen LogP contribution in [0.1, 0.15) is 40.0 Å². The molecule has 0 atom stereocenters. The Balaban J connectivity index is 1.41. The maximum atomic E-state index is 13.0. The third-order valence-electron chi connectivity index (χ3n) is 5.45. The molecule has 6 nitrogen and oxygen atoms in total. The molecule has 28 heavy (non-hydrogen) atoms. The van der Waals surface area contributed by atoms with E-state index in [-0.39, 0.29) is 23.7 Å². The minimum absolute atomic E-state index is 0.0203. The second-order valence-electron chi connectivity index (χ2n) is 7.27. The third kappa shape index (κ3) is 3.67. The number of rotatable bonds is 4. The Morgan fingerprint density at radius 1 is 0.821 bits per heavy atom. The Morgan fingerprint density at radius 3 is 1.93 bits per heavy atom. The van der Waals surface area contributed by atoms with Crippen LogP contribution in [0.4, 0.5) is 0 Å². The zero-order valence-electron chi connectivity index (χ0n) is 15.7. The molecule has 0 aromatic heterocycles. The lowest BCUT2D eigenvalue weighted by Gasteiger charge is -2.35. The van der Waals surface area contributed by atoms with Gasteiger partial charge in [0.25, 0.3) is 11.8 Å². The molecular formula is C22H24N2O4. The SMILES string of the molecule is O=C(c1ccccc1O)N1CCN(C(=O)c2ccccc2OC2CCC2)CC1. The maximum absolute atomic E-state index is 13.0. The van der Waals surface area contributed by atoms with Gasteiger partial charge in [-0.2, -0.15) is 0 Å². The van der Waals surface area contributed by atoms with Crippen molar-refractivity contribution in [3.05, 3.63) is 59.7 Å². The first-order chi connectivity index (χ1) is 13.6. The van der Waals surface area contributed by atoms with Crippen molar-refractivity contribution in [2.24, 2.45) is 0 Å². The second-order valence-corrected chi connectivity index (χ2v) is 7.27. The molecular weight excluding hydrogens is 356 g/mol. The summed E-state index contributed by atoms with van der Waals surface area (Å²) in [5.41, 5.74) is 0.872. The molecule has 0 bridgehead atoms. The molecule has 1 N–H and O–H groups in total. The lowest BCUT2D eigenvalue weighted by molar-refractivity contribution is 0.0526. The largest absolute Gasteiger partial charge is 0.507 e. The average Bonchev–Trinajstić information content (AvgIpc) is 2.70. The number of amides is 2. The Hall–Kier alpha value is -3.02. The van der Waals surface area contributed by atoms with Gasteiger partial charge in [0, 0.05) is 26.2 Å². The van der Waals surface area contributed by atoms with Gasteiger partial charge in [-0.3, -0.25) is 9.59 Å². The van der Waals surface area contributed by atoms with Gasteiger partial charge < -0.3 is 19.6 Å². The van der Waals surface area contributed by atoms with E-state index in [9.17, 15) is 14.7 Å². The molecule has 0 spiro atoms. The van der Waals surface area contributed by atoms with Crippen LogP contribution < -0.4 is 4.74 Å². The summed E-state index contributed by atoms with van der Waals surface area (Å²) in [6.07, 6.45) is 3.46. The molecule has 1 saturated heterocycles. The lowest BCUT2D eigenvalue weighted by Crippen LogP contribution is -2.50. The first-order valence-electron chi connectivity index (χ1n) is 9.76. The number of phenols is 1. The summed E-state index contributed by atoms with van der Waals surface area (Å²) in [4.78, 5) is 29.1. The van der Waals surface area contributed by atoms with Gasteiger partial charge in [-0.15, -0.1) is 0 Å². The molecule has 6 heteroatoms. The summed E-state index contributed by atoms with van der Waals surface area (Å²) in [5, 5.41) is 9.90. The van der Waals surface area contributed by atoms with Crippen LogP contribution in [0.25, 0.3) is 0 Å². The average molecular weight is 380 g/mol. The normalized spacial score (nSPS) is 17.1. The van der Waals surface area contributed by atoms with E-state index in [4.69, 9.17) is 4.74 Å². The second kappa shape index (κ2) is 7.92. The van der Waals surface area contributed by atoms with Gasteiger partial charge in [-0.25, -0.2) is 0 Å². The number of piperazine rings is 1. The Kier molecular flexibility index (Phi) is 5.19. The van der Waals surface area contributed by atoms with Crippen molar-refractivity contribution in [2.45, 2.75) is 25.4 Å². The van der Waals surface area contributed by atoms with Crippen LogP contribution >= 0.6 is 0 Å². The van der Waals surface area contributed by atoms with Crippen LogP contribution in [0.5, 0.6) is 11.5 Å². The zero-order valence-corrected chi connectivity index (χ0v) is 15.7. The fourth-order valence-electron chi connectivity index (χ4n) is 3.52. The molecule has 0 unspecified atom stereocenters. The zero-order chi connectivity index (χ0) is 19.5. The van der Waals surface area contributed by atoms with Crippen molar-refractivity contribution in [2.75, 3.05) is 26.2 Å². The molecule has 2 fully saturated rings. The molecule has 146 valence electrons. The summed E-state index contributed by atoms with van der Waals surface area (Å²) in [5.74, 6) is 0.349. The van der Waals surface area contributed by atoms with Gasteiger partial charge in [0.1, 0.15) is 11.5 Å². The van der Waals surface area contributed by atoms with Crippen molar-refractivity contribution in [1.82, 2.24) is 9.80 Å². The first-order valence-corrected chi connectivity index (χ1v) is 9.76. The minimum Gasteiger partial charge on any atom is -0.507 e. The van der Waals surface area contributed by atoms with Crippen LogP contribution in [0, 0.1) is 0 Å². The van der Waals surface area contributed by atoms with Crippen molar-refractivity contribution < 1.29 is 19.4 Å². The molecule has 4 rings (SSSR count). The number of hydrogen-bond acceptors (Lipinski definition) is 4. The molecule has 2 amide bonds. The predicted octanol–water partition coefficient (Wildman–Crippen LogP) is 2.92. The van der Waals surface area contributed by atoms with Crippen molar-refractivity contribution in [1.29, 1.82) is 0 Å². The van der Waals surface area contributed by atoms with E-state index in [1.165, 1.54) is 12.5 Å². The van der Waals surface area contributed by atoms with Gasteiger partial charge in [0.2, 0.25) is 0 Å². The van der Waals surface area contributed by atoms with E-state index in [0.717, 1.165) is 12.8 Å². The third-order valence-corrected chi connectivity index (χ3v) is 5.45. The molecule has 2 aromatic rings. The van der Waals surface area contributed by atoms with E-state index >= 15 is 0 Å². The number of para-hydroxylation sites is 2.